The van der Waals surface area contributed by atoms with Crippen molar-refractivity contribution in [1.29, 1.82) is 0 Å². The number of rotatable bonds is 13. The van der Waals surface area contributed by atoms with E-state index >= 15 is 0 Å². The minimum Gasteiger partial charge on any atom is -0.389 e. The van der Waals surface area contributed by atoms with Gasteiger partial charge in [-0.2, -0.15) is 0 Å². The molecule has 0 aromatic rings. The van der Waals surface area contributed by atoms with Crippen LogP contribution in [0.2, 0.25) is 0 Å². The Labute approximate surface area is 119 Å². The summed E-state index contributed by atoms with van der Waals surface area (Å²) in [5, 5.41) is 6.30. The SMILES string of the molecule is C=CCCCCCNC(=C)CCC(N)C(=C)[B]NC. The first kappa shape index (κ1) is 18.0. The first-order valence-electron chi connectivity index (χ1n) is 7.09. The molecule has 0 bridgehead atoms. The second kappa shape index (κ2) is 12.1. The van der Waals surface area contributed by atoms with Crippen molar-refractivity contribution in [3.8, 4) is 0 Å². The van der Waals surface area contributed by atoms with Gasteiger partial charge in [0.2, 0.25) is 7.41 Å². The average molecular weight is 262 g/mol. The summed E-state index contributed by atoms with van der Waals surface area (Å²) in [5.41, 5.74) is 8.01. The minimum atomic E-state index is -0.00130. The Hall–Kier alpha value is -0.995. The Bertz CT molecular complexity index is 277. The van der Waals surface area contributed by atoms with E-state index < -0.39 is 0 Å². The van der Waals surface area contributed by atoms with E-state index in [4.69, 9.17) is 5.73 Å². The lowest BCUT2D eigenvalue weighted by Crippen LogP contribution is -2.30. The third kappa shape index (κ3) is 10.6. The summed E-state index contributed by atoms with van der Waals surface area (Å²) in [4.78, 5) is 0. The lowest BCUT2D eigenvalue weighted by Gasteiger charge is -2.15. The van der Waals surface area contributed by atoms with Gasteiger partial charge in [-0.1, -0.05) is 24.5 Å². The highest BCUT2D eigenvalue weighted by Gasteiger charge is 2.07. The zero-order valence-electron chi connectivity index (χ0n) is 12.4. The highest BCUT2D eigenvalue weighted by molar-refractivity contribution is 6.42. The normalized spacial score (nSPS) is 11.7. The smallest absolute Gasteiger partial charge is 0.240 e. The summed E-state index contributed by atoms with van der Waals surface area (Å²) < 4.78 is 0. The third-order valence-electron chi connectivity index (χ3n) is 3.02. The molecule has 0 aliphatic heterocycles. The van der Waals surface area contributed by atoms with Gasteiger partial charge in [-0.05, 0) is 39.2 Å². The molecule has 0 saturated carbocycles. The van der Waals surface area contributed by atoms with Gasteiger partial charge in [0.1, 0.15) is 0 Å². The van der Waals surface area contributed by atoms with Crippen LogP contribution in [0.25, 0.3) is 0 Å². The molecule has 4 heteroatoms. The maximum atomic E-state index is 6.01. The molecule has 3 nitrogen and oxygen atoms in total. The molecule has 0 spiro atoms. The highest BCUT2D eigenvalue weighted by Crippen LogP contribution is 2.07. The maximum absolute atomic E-state index is 6.01. The first-order valence-corrected chi connectivity index (χ1v) is 7.09. The predicted molar refractivity (Wildman–Crippen MR) is 87.0 cm³/mol. The summed E-state index contributed by atoms with van der Waals surface area (Å²) in [6, 6.07) is -0.00130. The van der Waals surface area contributed by atoms with Crippen molar-refractivity contribution >= 4 is 7.41 Å². The van der Waals surface area contributed by atoms with Crippen LogP contribution in [0, 0.1) is 0 Å². The molecular formula is C15H29BN3. The van der Waals surface area contributed by atoms with Gasteiger partial charge < -0.3 is 16.3 Å². The number of nitrogens with one attached hydrogen (secondary N) is 2. The van der Waals surface area contributed by atoms with Gasteiger partial charge in [-0.25, -0.2) is 0 Å². The fraction of sp³-hybridized carbons (Fsp3) is 0.600. The standard InChI is InChI=1S/C15H29BN3/c1-5-6-7-8-9-12-19-13(2)10-11-15(17)14(3)16-18-4/h5,15,18-19H,1-3,6-12,17H2,4H3. The highest BCUT2D eigenvalue weighted by atomic mass is 14.9. The lowest BCUT2D eigenvalue weighted by molar-refractivity contribution is 0.618. The van der Waals surface area contributed by atoms with E-state index in [0.717, 1.165) is 37.0 Å². The zero-order chi connectivity index (χ0) is 14.5. The molecule has 0 amide bonds. The molecule has 1 radical (unpaired) electrons. The van der Waals surface area contributed by atoms with Gasteiger partial charge >= 0.3 is 0 Å². The minimum absolute atomic E-state index is 0.00130. The number of allylic oxidation sites excluding steroid dienone is 2. The van der Waals surface area contributed by atoms with Crippen LogP contribution in [0.5, 0.6) is 0 Å². The van der Waals surface area contributed by atoms with E-state index in [1.807, 2.05) is 20.5 Å². The molecule has 1 atom stereocenters. The maximum Gasteiger partial charge on any atom is 0.240 e. The van der Waals surface area contributed by atoms with E-state index in [-0.39, 0.29) is 6.04 Å². The van der Waals surface area contributed by atoms with Crippen molar-refractivity contribution in [2.75, 3.05) is 13.6 Å². The Kier molecular flexibility index (Phi) is 11.4. The van der Waals surface area contributed by atoms with Gasteiger partial charge in [0, 0.05) is 18.3 Å². The third-order valence-corrected chi connectivity index (χ3v) is 3.02. The van der Waals surface area contributed by atoms with Crippen LogP contribution in [-0.2, 0) is 0 Å². The summed E-state index contributed by atoms with van der Waals surface area (Å²) in [6.07, 6.45) is 8.49. The molecule has 19 heavy (non-hydrogen) atoms. The largest absolute Gasteiger partial charge is 0.389 e. The van der Waals surface area contributed by atoms with Crippen LogP contribution >= 0.6 is 0 Å². The van der Waals surface area contributed by atoms with E-state index in [1.54, 1.807) is 0 Å². The van der Waals surface area contributed by atoms with Crippen LogP contribution in [0.3, 0.4) is 0 Å². The number of nitrogens with two attached hydrogens (primary N) is 1. The topological polar surface area (TPSA) is 50.1 Å². The van der Waals surface area contributed by atoms with Crippen molar-refractivity contribution in [2.24, 2.45) is 5.73 Å². The summed E-state index contributed by atoms with van der Waals surface area (Å²) >= 11 is 0. The van der Waals surface area contributed by atoms with Crippen LogP contribution in [0.1, 0.15) is 38.5 Å². The molecule has 0 saturated heterocycles. The van der Waals surface area contributed by atoms with Gasteiger partial charge in [-0.3, -0.25) is 0 Å². The van der Waals surface area contributed by atoms with Gasteiger partial charge in [-0.15, -0.1) is 13.2 Å². The molecule has 4 N–H and O–H groups in total. The second-order valence-corrected chi connectivity index (χ2v) is 4.82. The lowest BCUT2D eigenvalue weighted by atomic mass is 9.78. The molecule has 0 aromatic heterocycles. The van der Waals surface area contributed by atoms with Crippen LogP contribution in [-0.4, -0.2) is 27.0 Å². The first-order chi connectivity index (χ1) is 9.11. The van der Waals surface area contributed by atoms with Crippen molar-refractivity contribution in [3.05, 3.63) is 37.0 Å². The van der Waals surface area contributed by atoms with Gasteiger partial charge in [0.25, 0.3) is 0 Å². The molecule has 0 fully saturated rings. The van der Waals surface area contributed by atoms with Crippen LogP contribution in [0.15, 0.2) is 37.0 Å². The molecule has 0 aromatic carbocycles. The average Bonchev–Trinajstić information content (AvgIpc) is 2.40. The summed E-state index contributed by atoms with van der Waals surface area (Å²) in [5.74, 6) is 0. The Morgan fingerprint density at radius 1 is 1.32 bits per heavy atom. The summed E-state index contributed by atoms with van der Waals surface area (Å²) in [6.45, 7) is 12.7. The number of hydrogen-bond acceptors (Lipinski definition) is 3. The summed E-state index contributed by atoms with van der Waals surface area (Å²) in [7, 11) is 3.70. The molecule has 0 aliphatic carbocycles. The number of unbranched alkanes of at least 4 members (excludes halogenated alkanes) is 3. The Balaban J connectivity index is 3.53. The molecule has 107 valence electrons. The fourth-order valence-electron chi connectivity index (χ4n) is 1.75. The van der Waals surface area contributed by atoms with E-state index in [9.17, 15) is 0 Å². The molecule has 0 aliphatic rings. The fourth-order valence-corrected chi connectivity index (χ4v) is 1.75. The molecule has 0 heterocycles. The van der Waals surface area contributed by atoms with Crippen molar-refractivity contribution in [1.82, 2.24) is 10.5 Å². The molecular weight excluding hydrogens is 233 g/mol. The Morgan fingerprint density at radius 2 is 2.05 bits per heavy atom. The number of hydrogen-bond donors (Lipinski definition) is 3. The van der Waals surface area contributed by atoms with Crippen LogP contribution in [0.4, 0.5) is 0 Å². The van der Waals surface area contributed by atoms with Gasteiger partial charge in [0.05, 0.1) is 0 Å². The van der Waals surface area contributed by atoms with E-state index in [1.165, 1.54) is 19.3 Å². The van der Waals surface area contributed by atoms with E-state index in [0.29, 0.717) is 0 Å². The zero-order valence-corrected chi connectivity index (χ0v) is 12.4. The monoisotopic (exact) mass is 262 g/mol. The predicted octanol–water partition coefficient (Wildman–Crippen LogP) is 2.30. The van der Waals surface area contributed by atoms with Crippen molar-refractivity contribution < 1.29 is 0 Å². The van der Waals surface area contributed by atoms with E-state index in [2.05, 4.69) is 30.3 Å². The Morgan fingerprint density at radius 3 is 2.68 bits per heavy atom. The molecule has 0 rings (SSSR count). The van der Waals surface area contributed by atoms with Crippen molar-refractivity contribution in [3.63, 3.8) is 0 Å². The van der Waals surface area contributed by atoms with Crippen LogP contribution < -0.4 is 16.3 Å². The quantitative estimate of drug-likeness (QED) is 0.271. The van der Waals surface area contributed by atoms with Gasteiger partial charge in [0.15, 0.2) is 0 Å². The molecule has 1 unspecified atom stereocenters. The van der Waals surface area contributed by atoms with Crippen molar-refractivity contribution in [2.45, 2.75) is 44.6 Å². The second-order valence-electron chi connectivity index (χ2n) is 4.82.